The second kappa shape index (κ2) is 5.65. The van der Waals surface area contributed by atoms with Crippen LogP contribution in [0.3, 0.4) is 0 Å². The molecule has 3 aromatic rings. The molecule has 0 saturated heterocycles. The minimum absolute atomic E-state index is 0.00729. The zero-order chi connectivity index (χ0) is 16.0. The molecular weight excluding hydrogens is 381 g/mol. The van der Waals surface area contributed by atoms with Crippen molar-refractivity contribution in [2.24, 2.45) is 0 Å². The van der Waals surface area contributed by atoms with Crippen LogP contribution >= 0.6 is 27.3 Å². The normalized spacial score (nSPS) is 13.8. The molecule has 1 aromatic carbocycles. The van der Waals surface area contributed by atoms with Gasteiger partial charge in [0.1, 0.15) is 5.82 Å². The molecule has 0 unspecified atom stereocenters. The van der Waals surface area contributed by atoms with Gasteiger partial charge in [0, 0.05) is 23.6 Å². The third-order valence-corrected chi connectivity index (χ3v) is 5.55. The van der Waals surface area contributed by atoms with Crippen LogP contribution in [-0.2, 0) is 13.0 Å². The van der Waals surface area contributed by atoms with Crippen LogP contribution in [-0.4, -0.2) is 27.3 Å². The largest absolute Gasteiger partial charge is 0.332 e. The summed E-state index contributed by atoms with van der Waals surface area (Å²) in [5.41, 5.74) is 2.25. The number of benzene rings is 1. The summed E-state index contributed by atoms with van der Waals surface area (Å²) in [6, 6.07) is 6.37. The van der Waals surface area contributed by atoms with E-state index < -0.39 is 0 Å². The molecular formula is C16H11BrFN3OS. The minimum Gasteiger partial charge on any atom is -0.332 e. The van der Waals surface area contributed by atoms with Gasteiger partial charge >= 0.3 is 0 Å². The topological polar surface area (TPSA) is 46.1 Å². The molecule has 3 heterocycles. The fourth-order valence-electron chi connectivity index (χ4n) is 2.70. The maximum atomic E-state index is 13.2. The average Bonchev–Trinajstić information content (AvgIpc) is 3.06. The summed E-state index contributed by atoms with van der Waals surface area (Å²) in [6.07, 6.45) is 2.35. The van der Waals surface area contributed by atoms with E-state index in [-0.39, 0.29) is 11.7 Å². The molecule has 0 spiro atoms. The number of hydrogen-bond donors (Lipinski definition) is 0. The first-order valence-corrected chi connectivity index (χ1v) is 8.70. The number of pyridine rings is 1. The molecule has 0 saturated carbocycles. The molecule has 0 aliphatic carbocycles. The fraction of sp³-hybridized carbons (Fsp3) is 0.188. The maximum Gasteiger partial charge on any atom is 0.257 e. The van der Waals surface area contributed by atoms with Gasteiger partial charge in [-0.15, -0.1) is 11.3 Å². The van der Waals surface area contributed by atoms with Crippen LogP contribution in [0.5, 0.6) is 0 Å². The van der Waals surface area contributed by atoms with Crippen LogP contribution in [0.2, 0.25) is 0 Å². The third-order valence-electron chi connectivity index (χ3n) is 3.81. The minimum atomic E-state index is -0.256. The van der Waals surface area contributed by atoms with Crippen molar-refractivity contribution in [2.45, 2.75) is 13.0 Å². The van der Waals surface area contributed by atoms with E-state index in [1.54, 1.807) is 23.2 Å². The van der Waals surface area contributed by atoms with Gasteiger partial charge in [-0.05, 0) is 40.2 Å². The predicted molar refractivity (Wildman–Crippen MR) is 90.0 cm³/mol. The lowest BCUT2D eigenvalue weighted by molar-refractivity contribution is 0.0779. The van der Waals surface area contributed by atoms with Crippen molar-refractivity contribution in [3.8, 4) is 0 Å². The van der Waals surface area contributed by atoms with Gasteiger partial charge in [0.05, 0.1) is 33.0 Å². The molecule has 4 nitrogen and oxygen atoms in total. The molecule has 1 aliphatic rings. The Bertz CT molecular complexity index is 927. The highest BCUT2D eigenvalue weighted by atomic mass is 79.9. The van der Waals surface area contributed by atoms with Crippen LogP contribution in [0.25, 0.3) is 10.2 Å². The number of rotatable bonds is 3. The highest BCUT2D eigenvalue weighted by molar-refractivity contribution is 9.10. The van der Waals surface area contributed by atoms with Crippen molar-refractivity contribution >= 4 is 43.4 Å². The number of aromatic nitrogens is 2. The summed E-state index contributed by atoms with van der Waals surface area (Å²) in [7, 11) is 0. The molecule has 0 N–H and O–H groups in total. The van der Waals surface area contributed by atoms with Crippen molar-refractivity contribution in [3.05, 3.63) is 57.0 Å². The molecule has 0 atom stereocenters. The summed E-state index contributed by atoms with van der Waals surface area (Å²) >= 11 is 4.88. The van der Waals surface area contributed by atoms with Crippen molar-refractivity contribution < 1.29 is 9.18 Å². The first-order valence-electron chi connectivity index (χ1n) is 7.09. The van der Waals surface area contributed by atoms with E-state index in [0.717, 1.165) is 25.4 Å². The van der Waals surface area contributed by atoms with Crippen LogP contribution in [0.4, 0.5) is 4.39 Å². The van der Waals surface area contributed by atoms with Crippen LogP contribution in [0.15, 0.2) is 34.9 Å². The molecule has 116 valence electrons. The van der Waals surface area contributed by atoms with Crippen LogP contribution in [0, 0.1) is 5.82 Å². The van der Waals surface area contributed by atoms with Gasteiger partial charge in [-0.25, -0.2) is 9.37 Å². The molecule has 23 heavy (non-hydrogen) atoms. The van der Waals surface area contributed by atoms with Crippen molar-refractivity contribution in [1.29, 1.82) is 0 Å². The van der Waals surface area contributed by atoms with E-state index in [4.69, 9.17) is 0 Å². The Morgan fingerprint density at radius 2 is 2.22 bits per heavy atom. The molecule has 4 rings (SSSR count). The Labute approximate surface area is 144 Å². The van der Waals surface area contributed by atoms with E-state index in [2.05, 4.69) is 25.9 Å². The maximum absolute atomic E-state index is 13.2. The quantitative estimate of drug-likeness (QED) is 0.682. The Hall–Kier alpha value is -1.86. The zero-order valence-electron chi connectivity index (χ0n) is 11.9. The number of nitrogens with zero attached hydrogens (tertiary/aromatic N) is 3. The van der Waals surface area contributed by atoms with Crippen LogP contribution in [0.1, 0.15) is 21.1 Å². The van der Waals surface area contributed by atoms with Crippen molar-refractivity contribution in [1.82, 2.24) is 14.9 Å². The lowest BCUT2D eigenvalue weighted by Gasteiger charge is -2.13. The molecule has 1 aliphatic heterocycles. The molecule has 1 amide bonds. The summed E-state index contributed by atoms with van der Waals surface area (Å²) in [6.45, 7) is 1.09. The van der Waals surface area contributed by atoms with Crippen molar-refractivity contribution in [2.75, 3.05) is 6.54 Å². The number of halogens is 2. The van der Waals surface area contributed by atoms with E-state index in [1.807, 2.05) is 0 Å². The number of hydrogen-bond acceptors (Lipinski definition) is 4. The van der Waals surface area contributed by atoms with E-state index >= 15 is 0 Å². The molecule has 0 radical (unpaired) electrons. The predicted octanol–water partition coefficient (Wildman–Crippen LogP) is 3.79. The summed E-state index contributed by atoms with van der Waals surface area (Å²) in [5.74, 6) is -0.263. The Morgan fingerprint density at radius 1 is 1.35 bits per heavy atom. The monoisotopic (exact) mass is 391 g/mol. The second-order valence-corrected chi connectivity index (χ2v) is 7.28. The molecule has 2 aromatic heterocycles. The lowest BCUT2D eigenvalue weighted by atomic mass is 10.2. The van der Waals surface area contributed by atoms with Gasteiger partial charge in [0.25, 0.3) is 5.91 Å². The molecule has 7 heteroatoms. The first-order chi connectivity index (χ1) is 11.1. The number of amides is 1. The van der Waals surface area contributed by atoms with Crippen molar-refractivity contribution in [3.63, 3.8) is 0 Å². The lowest BCUT2D eigenvalue weighted by Crippen LogP contribution is -2.26. The smallest absolute Gasteiger partial charge is 0.257 e. The third kappa shape index (κ3) is 2.64. The summed E-state index contributed by atoms with van der Waals surface area (Å²) in [4.78, 5) is 23.0. The number of fused-ring (bicyclic) bond motifs is 2. The fourth-order valence-corrected chi connectivity index (χ4v) is 4.20. The molecule has 0 bridgehead atoms. The van der Waals surface area contributed by atoms with Gasteiger partial charge in [-0.1, -0.05) is 0 Å². The highest BCUT2D eigenvalue weighted by Gasteiger charge is 2.30. The summed E-state index contributed by atoms with van der Waals surface area (Å²) < 4.78 is 14.8. The Balaban J connectivity index is 1.51. The van der Waals surface area contributed by atoms with Gasteiger partial charge in [-0.3, -0.25) is 9.78 Å². The van der Waals surface area contributed by atoms with Gasteiger partial charge < -0.3 is 4.90 Å². The first kappa shape index (κ1) is 14.7. The van der Waals surface area contributed by atoms with E-state index in [9.17, 15) is 9.18 Å². The highest BCUT2D eigenvalue weighted by Crippen LogP contribution is 2.28. The van der Waals surface area contributed by atoms with E-state index in [0.29, 0.717) is 25.1 Å². The number of carbonyl (C=O) groups is 1. The zero-order valence-corrected chi connectivity index (χ0v) is 14.3. The average molecular weight is 392 g/mol. The second-order valence-electron chi connectivity index (χ2n) is 5.31. The van der Waals surface area contributed by atoms with Gasteiger partial charge in [-0.2, -0.15) is 0 Å². The Kier molecular flexibility index (Phi) is 3.61. The standard InChI is InChI=1S/C16H11BrFN3OS/c17-10-3-5-19-12-8-21(16(22)15(10)12)6-4-14-20-11-2-1-9(18)7-13(11)23-14/h1-3,5,7H,4,6,8H2. The van der Waals surface area contributed by atoms with Crippen LogP contribution < -0.4 is 0 Å². The van der Waals surface area contributed by atoms with E-state index in [1.165, 1.54) is 23.5 Å². The van der Waals surface area contributed by atoms with Gasteiger partial charge in [0.15, 0.2) is 0 Å². The molecule has 0 fully saturated rings. The number of carbonyl (C=O) groups excluding carboxylic acids is 1. The van der Waals surface area contributed by atoms with Gasteiger partial charge in [0.2, 0.25) is 0 Å². The number of thiazole rings is 1. The SMILES string of the molecule is O=C1c2c(Br)ccnc2CN1CCc1nc2ccc(F)cc2s1. The summed E-state index contributed by atoms with van der Waals surface area (Å²) in [5, 5.41) is 0.904. The Morgan fingerprint density at radius 3 is 3.04 bits per heavy atom.